The molecule has 1 saturated heterocycles. The number of hydrogen-bond acceptors (Lipinski definition) is 5. The molecule has 4 rings (SSSR count). The highest BCUT2D eigenvalue weighted by Crippen LogP contribution is 2.27. The molecule has 2 aliphatic rings. The minimum atomic E-state index is -3.83. The molecule has 0 atom stereocenters. The maximum Gasteiger partial charge on any atom is 0.326 e. The lowest BCUT2D eigenvalue weighted by molar-refractivity contribution is -0.137. The van der Waals surface area contributed by atoms with Crippen LogP contribution in [-0.4, -0.2) is 48.3 Å². The number of hydrogen-bond donors (Lipinski definition) is 3. The number of carbonyl (C=O) groups excluding carboxylic acids is 1. The van der Waals surface area contributed by atoms with E-state index in [-0.39, 0.29) is 33.7 Å². The number of piperidine rings is 1. The Labute approximate surface area is 173 Å². The van der Waals surface area contributed by atoms with Crippen molar-refractivity contribution in [3.05, 3.63) is 39.0 Å². The lowest BCUT2D eigenvalue weighted by Gasteiger charge is -2.35. The Bertz CT molecular complexity index is 1160. The minimum absolute atomic E-state index is 0.0340. The van der Waals surface area contributed by atoms with Gasteiger partial charge in [0.25, 0.3) is 5.56 Å². The van der Waals surface area contributed by atoms with Gasteiger partial charge in [-0.1, -0.05) is 19.3 Å². The smallest absolute Gasteiger partial charge is 0.326 e. The maximum absolute atomic E-state index is 12.8. The summed E-state index contributed by atoms with van der Waals surface area (Å²) in [6.45, 7) is 1.09. The van der Waals surface area contributed by atoms with E-state index in [2.05, 4.69) is 14.7 Å². The van der Waals surface area contributed by atoms with Crippen LogP contribution >= 0.6 is 0 Å². The number of fused-ring (bicyclic) bond motifs is 1. The van der Waals surface area contributed by atoms with Crippen LogP contribution in [-0.2, 0) is 14.8 Å². The van der Waals surface area contributed by atoms with Crippen LogP contribution in [0.2, 0.25) is 0 Å². The molecule has 1 aliphatic carbocycles. The Morgan fingerprint density at radius 1 is 1.00 bits per heavy atom. The maximum atomic E-state index is 12.8. The number of carbonyl (C=O) groups is 1. The first-order chi connectivity index (χ1) is 14.3. The highest BCUT2D eigenvalue weighted by molar-refractivity contribution is 7.89. The lowest BCUT2D eigenvalue weighted by atomic mass is 9.87. The van der Waals surface area contributed by atoms with E-state index in [9.17, 15) is 22.8 Å². The van der Waals surface area contributed by atoms with Gasteiger partial charge in [0.15, 0.2) is 0 Å². The van der Waals surface area contributed by atoms with Crippen molar-refractivity contribution in [1.29, 1.82) is 0 Å². The van der Waals surface area contributed by atoms with Gasteiger partial charge in [0.05, 0.1) is 15.8 Å². The molecule has 30 heavy (non-hydrogen) atoms. The van der Waals surface area contributed by atoms with Gasteiger partial charge in [-0.15, -0.1) is 0 Å². The Balaban J connectivity index is 1.42. The topological polar surface area (TPSA) is 132 Å². The predicted octanol–water partition coefficient (Wildman–Crippen LogP) is 1.07. The average molecular weight is 435 g/mol. The molecular weight excluding hydrogens is 408 g/mol. The number of rotatable bonds is 4. The van der Waals surface area contributed by atoms with E-state index in [0.717, 1.165) is 25.7 Å². The summed E-state index contributed by atoms with van der Waals surface area (Å²) in [6, 6.07) is 3.76. The van der Waals surface area contributed by atoms with Crippen molar-refractivity contribution < 1.29 is 13.2 Å². The van der Waals surface area contributed by atoms with Crippen molar-refractivity contribution >= 4 is 26.8 Å². The van der Waals surface area contributed by atoms with Crippen molar-refractivity contribution in [2.24, 2.45) is 5.92 Å². The molecule has 1 amide bonds. The van der Waals surface area contributed by atoms with Crippen molar-refractivity contribution in [2.75, 3.05) is 13.1 Å². The predicted molar refractivity (Wildman–Crippen MR) is 112 cm³/mol. The van der Waals surface area contributed by atoms with Crippen molar-refractivity contribution in [3.8, 4) is 0 Å². The SMILES string of the molecule is O=C(C1CCCCC1)N1CCC(NS(=O)(=O)c2ccc3[nH]c(=O)[nH]c(=O)c3c2)CC1. The number of likely N-dealkylation sites (tertiary alicyclic amines) is 1. The van der Waals surface area contributed by atoms with Gasteiger partial charge < -0.3 is 9.88 Å². The molecule has 10 heteroatoms. The van der Waals surface area contributed by atoms with Gasteiger partial charge in [-0.05, 0) is 43.9 Å². The van der Waals surface area contributed by atoms with E-state index in [4.69, 9.17) is 0 Å². The first-order valence-electron chi connectivity index (χ1n) is 10.4. The van der Waals surface area contributed by atoms with Crippen LogP contribution in [0.3, 0.4) is 0 Å². The Kier molecular flexibility index (Phi) is 5.79. The van der Waals surface area contributed by atoms with Crippen molar-refractivity contribution in [1.82, 2.24) is 19.6 Å². The van der Waals surface area contributed by atoms with E-state index in [1.54, 1.807) is 0 Å². The second-order valence-electron chi connectivity index (χ2n) is 8.17. The number of nitrogens with zero attached hydrogens (tertiary/aromatic N) is 1. The molecule has 0 spiro atoms. The second-order valence-corrected chi connectivity index (χ2v) is 9.89. The third kappa shape index (κ3) is 4.34. The van der Waals surface area contributed by atoms with E-state index in [1.807, 2.05) is 4.90 Å². The fourth-order valence-corrected chi connectivity index (χ4v) is 5.76. The number of H-pyrrole nitrogens is 2. The molecule has 1 aliphatic heterocycles. The first kappa shape index (κ1) is 20.8. The van der Waals surface area contributed by atoms with Gasteiger partial charge in [-0.2, -0.15) is 0 Å². The normalized spacial score (nSPS) is 19.3. The van der Waals surface area contributed by atoms with E-state index in [1.165, 1.54) is 24.6 Å². The highest BCUT2D eigenvalue weighted by Gasteiger charge is 2.30. The van der Waals surface area contributed by atoms with E-state index >= 15 is 0 Å². The molecule has 1 aromatic carbocycles. The monoisotopic (exact) mass is 434 g/mol. The molecule has 0 unspecified atom stereocenters. The largest absolute Gasteiger partial charge is 0.342 e. The van der Waals surface area contributed by atoms with Gasteiger partial charge in [0.2, 0.25) is 15.9 Å². The molecule has 162 valence electrons. The number of sulfonamides is 1. The number of nitrogens with one attached hydrogen (secondary N) is 3. The summed E-state index contributed by atoms with van der Waals surface area (Å²) in [7, 11) is -3.83. The van der Waals surface area contributed by atoms with Gasteiger partial charge in [-0.3, -0.25) is 14.6 Å². The van der Waals surface area contributed by atoms with Crippen LogP contribution in [0.5, 0.6) is 0 Å². The van der Waals surface area contributed by atoms with E-state index in [0.29, 0.717) is 25.9 Å². The van der Waals surface area contributed by atoms with Crippen LogP contribution < -0.4 is 16.0 Å². The standard InChI is InChI=1S/C20H26N4O5S/c25-18-16-12-15(6-7-17(16)21-20(27)22-18)30(28,29)23-14-8-10-24(11-9-14)19(26)13-4-2-1-3-5-13/h6-7,12-14,23H,1-5,8-11H2,(H2,21,22,25,27). The highest BCUT2D eigenvalue weighted by atomic mass is 32.2. The zero-order valence-corrected chi connectivity index (χ0v) is 17.5. The fourth-order valence-electron chi connectivity index (χ4n) is 4.42. The van der Waals surface area contributed by atoms with Crippen LogP contribution in [0.4, 0.5) is 0 Å². The lowest BCUT2D eigenvalue weighted by Crippen LogP contribution is -2.48. The summed E-state index contributed by atoms with van der Waals surface area (Å²) < 4.78 is 28.3. The molecular formula is C20H26N4O5S. The molecule has 0 radical (unpaired) electrons. The number of amides is 1. The summed E-state index contributed by atoms with van der Waals surface area (Å²) in [5.74, 6) is 0.327. The summed E-state index contributed by atoms with van der Waals surface area (Å²) in [5.41, 5.74) is -1.01. The van der Waals surface area contributed by atoms with Crippen LogP contribution in [0.1, 0.15) is 44.9 Å². The third-order valence-electron chi connectivity index (χ3n) is 6.10. The first-order valence-corrected chi connectivity index (χ1v) is 11.9. The Morgan fingerprint density at radius 2 is 1.70 bits per heavy atom. The summed E-state index contributed by atoms with van der Waals surface area (Å²) >= 11 is 0. The molecule has 2 fully saturated rings. The quantitative estimate of drug-likeness (QED) is 0.662. The van der Waals surface area contributed by atoms with Gasteiger partial charge >= 0.3 is 5.69 Å². The number of benzene rings is 1. The molecule has 2 aromatic rings. The van der Waals surface area contributed by atoms with Crippen LogP contribution in [0.25, 0.3) is 10.9 Å². The van der Waals surface area contributed by atoms with Gasteiger partial charge in [-0.25, -0.2) is 17.9 Å². The Hall–Kier alpha value is -2.46. The third-order valence-corrected chi connectivity index (χ3v) is 7.62. The molecule has 2 heterocycles. The van der Waals surface area contributed by atoms with Crippen LogP contribution in [0.15, 0.2) is 32.7 Å². The Morgan fingerprint density at radius 3 is 2.40 bits per heavy atom. The summed E-state index contributed by atoms with van der Waals surface area (Å²) in [4.78, 5) is 42.4. The fraction of sp³-hybridized carbons (Fsp3) is 0.550. The van der Waals surface area contributed by atoms with Gasteiger partial charge in [0.1, 0.15) is 0 Å². The van der Waals surface area contributed by atoms with E-state index < -0.39 is 21.3 Å². The molecule has 1 aromatic heterocycles. The molecule has 9 nitrogen and oxygen atoms in total. The number of aromatic nitrogens is 2. The van der Waals surface area contributed by atoms with Crippen molar-refractivity contribution in [3.63, 3.8) is 0 Å². The summed E-state index contributed by atoms with van der Waals surface area (Å²) in [6.07, 6.45) is 6.43. The molecule has 3 N–H and O–H groups in total. The second kappa shape index (κ2) is 8.35. The molecule has 1 saturated carbocycles. The van der Waals surface area contributed by atoms with Crippen LogP contribution in [0, 0.1) is 5.92 Å². The number of aromatic amines is 2. The minimum Gasteiger partial charge on any atom is -0.342 e. The zero-order valence-electron chi connectivity index (χ0n) is 16.6. The van der Waals surface area contributed by atoms with Gasteiger partial charge in [0, 0.05) is 25.0 Å². The molecule has 0 bridgehead atoms. The average Bonchev–Trinajstić information content (AvgIpc) is 2.74. The van der Waals surface area contributed by atoms with Crippen molar-refractivity contribution in [2.45, 2.75) is 55.9 Å². The summed E-state index contributed by atoms with van der Waals surface area (Å²) in [5, 5.41) is 0.102. The zero-order chi connectivity index (χ0) is 21.3.